The molecule has 0 aromatic carbocycles. The van der Waals surface area contributed by atoms with Crippen LogP contribution in [-0.4, -0.2) is 42.0 Å². The Morgan fingerprint density at radius 3 is 1.60 bits per heavy atom. The average molecular weight is 759 g/mol. The Kier molecular flexibility index (Phi) is 13.7. The molecule has 280 valence electrons. The lowest BCUT2D eigenvalue weighted by molar-refractivity contribution is -0.142. The van der Waals surface area contributed by atoms with E-state index in [0.29, 0.717) is 33.9 Å². The van der Waals surface area contributed by atoms with Crippen LogP contribution in [0.2, 0.25) is 5.02 Å². The summed E-state index contributed by atoms with van der Waals surface area (Å²) in [6.07, 6.45) is -3.32. The number of pyridine rings is 6. The Morgan fingerprint density at radius 1 is 0.642 bits per heavy atom. The quantitative estimate of drug-likeness (QED) is 0.111. The molecule has 0 amide bonds. The number of aromatic nitrogens is 6. The highest BCUT2D eigenvalue weighted by Crippen LogP contribution is 2.32. The van der Waals surface area contributed by atoms with E-state index in [1.807, 2.05) is 38.1 Å². The fraction of sp³-hybridized carbons (Fsp3) is 0.278. The highest BCUT2D eigenvalue weighted by atomic mass is 35.5. The van der Waals surface area contributed by atoms with E-state index in [4.69, 9.17) is 17.3 Å². The first-order valence-electron chi connectivity index (χ1n) is 16.2. The maximum Gasteiger partial charge on any atom is 0.433 e. The number of rotatable bonds is 8. The third-order valence-electron chi connectivity index (χ3n) is 7.00. The van der Waals surface area contributed by atoms with Crippen LogP contribution in [0, 0.1) is 0 Å². The lowest BCUT2D eigenvalue weighted by Crippen LogP contribution is -2.15. The van der Waals surface area contributed by atoms with Crippen molar-refractivity contribution < 1.29 is 26.3 Å². The van der Waals surface area contributed by atoms with Crippen LogP contribution in [0.5, 0.6) is 0 Å². The van der Waals surface area contributed by atoms with Crippen molar-refractivity contribution in [3.8, 4) is 0 Å². The van der Waals surface area contributed by atoms with E-state index < -0.39 is 23.7 Å². The zero-order valence-corrected chi connectivity index (χ0v) is 29.8. The minimum absolute atomic E-state index is 0.0161. The summed E-state index contributed by atoms with van der Waals surface area (Å²) in [7, 11) is 0. The summed E-state index contributed by atoms with van der Waals surface area (Å²) in [5.41, 5.74) is 5.27. The van der Waals surface area contributed by atoms with Crippen molar-refractivity contribution in [3.05, 3.63) is 113 Å². The number of fused-ring (bicyclic) bond motifs is 2. The maximum absolute atomic E-state index is 13.1. The standard InChI is InChI=1S/C18H18F3N5.C11H12ClN3.C7H7F3N2/c1-11(2)25-15-9-14(13-6-4-8-23-17(13)26-15)24-10-12-5-3-7-22-16(12)18(19,20)21;1-7(2)14-10-6-9(12)8-4-3-5-13-11(8)15-10;8-7(9,10)6-5(4-11)2-1-3-12-6/h3-9,11H,10H2,1-2H3,(H2,23,24,25,26);3-7H,1-2H3,(H,13,14,15);1-3H,4,11H2. The molecule has 6 aromatic heterocycles. The van der Waals surface area contributed by atoms with Crippen LogP contribution in [0.3, 0.4) is 0 Å². The molecule has 10 nitrogen and oxygen atoms in total. The molecule has 6 aromatic rings. The van der Waals surface area contributed by atoms with Crippen molar-refractivity contribution in [1.82, 2.24) is 29.9 Å². The zero-order chi connectivity index (χ0) is 38.8. The third kappa shape index (κ3) is 11.6. The Bertz CT molecular complexity index is 2110. The number of nitrogens with zero attached hydrogens (tertiary/aromatic N) is 6. The van der Waals surface area contributed by atoms with Gasteiger partial charge in [0.2, 0.25) is 0 Å². The van der Waals surface area contributed by atoms with Crippen molar-refractivity contribution in [1.29, 1.82) is 0 Å². The Morgan fingerprint density at radius 2 is 1.09 bits per heavy atom. The Hall–Kier alpha value is -5.35. The topological polar surface area (TPSA) is 139 Å². The molecule has 0 atom stereocenters. The van der Waals surface area contributed by atoms with Crippen molar-refractivity contribution in [2.24, 2.45) is 5.73 Å². The molecule has 0 fully saturated rings. The second-order valence-electron chi connectivity index (χ2n) is 12.0. The fourth-order valence-corrected chi connectivity index (χ4v) is 5.10. The van der Waals surface area contributed by atoms with Crippen LogP contribution in [0.1, 0.15) is 50.2 Å². The van der Waals surface area contributed by atoms with Crippen molar-refractivity contribution in [3.63, 3.8) is 0 Å². The van der Waals surface area contributed by atoms with Gasteiger partial charge in [-0.05, 0) is 75.7 Å². The first-order chi connectivity index (χ1) is 25.1. The molecule has 0 unspecified atom stereocenters. The van der Waals surface area contributed by atoms with Crippen molar-refractivity contribution in [2.45, 2.75) is 65.2 Å². The summed E-state index contributed by atoms with van der Waals surface area (Å²) < 4.78 is 75.7. The average Bonchev–Trinajstić information content (AvgIpc) is 3.10. The molecule has 0 radical (unpaired) electrons. The summed E-state index contributed by atoms with van der Waals surface area (Å²) in [4.78, 5) is 23.9. The first-order valence-corrected chi connectivity index (χ1v) is 16.6. The predicted molar refractivity (Wildman–Crippen MR) is 195 cm³/mol. The highest BCUT2D eigenvalue weighted by Gasteiger charge is 2.35. The van der Waals surface area contributed by atoms with Gasteiger partial charge in [0.15, 0.2) is 11.3 Å². The molecular formula is C36H37ClF6N10. The van der Waals surface area contributed by atoms with Crippen LogP contribution in [0.25, 0.3) is 22.1 Å². The number of anilines is 3. The third-order valence-corrected chi connectivity index (χ3v) is 7.31. The summed E-state index contributed by atoms with van der Waals surface area (Å²) in [6, 6.07) is 17.1. The molecule has 0 saturated carbocycles. The zero-order valence-electron chi connectivity index (χ0n) is 29.1. The number of nitrogens with one attached hydrogen (secondary N) is 3. The maximum atomic E-state index is 13.1. The molecule has 0 aliphatic carbocycles. The molecule has 5 N–H and O–H groups in total. The number of hydrogen-bond donors (Lipinski definition) is 4. The van der Waals surface area contributed by atoms with Gasteiger partial charge in [-0.15, -0.1) is 0 Å². The van der Waals surface area contributed by atoms with Crippen LogP contribution in [-0.2, 0) is 25.4 Å². The van der Waals surface area contributed by atoms with Crippen LogP contribution in [0.15, 0.2) is 85.5 Å². The van der Waals surface area contributed by atoms with Gasteiger partial charge in [-0.25, -0.2) is 19.9 Å². The molecular weight excluding hydrogens is 722 g/mol. The van der Waals surface area contributed by atoms with Gasteiger partial charge in [0.1, 0.15) is 23.0 Å². The van der Waals surface area contributed by atoms with Gasteiger partial charge in [0, 0.05) is 78.1 Å². The second-order valence-corrected chi connectivity index (χ2v) is 12.4. The Labute approximate surface area is 306 Å². The fourth-order valence-electron chi connectivity index (χ4n) is 4.84. The monoisotopic (exact) mass is 758 g/mol. The van der Waals surface area contributed by atoms with Crippen molar-refractivity contribution in [2.75, 3.05) is 16.0 Å². The van der Waals surface area contributed by atoms with Gasteiger partial charge in [0.25, 0.3) is 0 Å². The van der Waals surface area contributed by atoms with Crippen LogP contribution in [0.4, 0.5) is 43.7 Å². The van der Waals surface area contributed by atoms with E-state index in [2.05, 4.69) is 59.7 Å². The van der Waals surface area contributed by atoms with Gasteiger partial charge in [-0.2, -0.15) is 26.3 Å². The molecule has 0 bridgehead atoms. The summed E-state index contributed by atoms with van der Waals surface area (Å²) in [6.45, 7) is 7.89. The van der Waals surface area contributed by atoms with Gasteiger partial charge < -0.3 is 21.7 Å². The lowest BCUT2D eigenvalue weighted by atomic mass is 10.1. The lowest BCUT2D eigenvalue weighted by Gasteiger charge is -2.16. The SMILES string of the molecule is CC(C)Nc1cc(Cl)c2cccnc2n1.CC(C)Nc1cc(NCc2cccnc2C(F)(F)F)c2cccnc2n1.NCc1cccnc1C(F)(F)F. The minimum atomic E-state index is -4.50. The largest absolute Gasteiger partial charge is 0.433 e. The van der Waals surface area contributed by atoms with Gasteiger partial charge in [0.05, 0.1) is 5.02 Å². The van der Waals surface area contributed by atoms with Crippen LogP contribution < -0.4 is 21.7 Å². The van der Waals surface area contributed by atoms with E-state index in [1.165, 1.54) is 24.3 Å². The second kappa shape index (κ2) is 17.9. The van der Waals surface area contributed by atoms with E-state index >= 15 is 0 Å². The first kappa shape index (κ1) is 40.4. The molecule has 17 heteroatoms. The van der Waals surface area contributed by atoms with Crippen LogP contribution >= 0.6 is 11.6 Å². The van der Waals surface area contributed by atoms with E-state index in [-0.39, 0.29) is 30.3 Å². The summed E-state index contributed by atoms with van der Waals surface area (Å²) >= 11 is 6.13. The summed E-state index contributed by atoms with van der Waals surface area (Å²) in [5, 5.41) is 11.8. The smallest absolute Gasteiger partial charge is 0.380 e. The molecule has 0 aliphatic rings. The molecule has 0 saturated heterocycles. The molecule has 6 rings (SSSR count). The number of nitrogens with two attached hydrogens (primary N) is 1. The van der Waals surface area contributed by atoms with E-state index in [9.17, 15) is 26.3 Å². The van der Waals surface area contributed by atoms with Gasteiger partial charge in [-0.3, -0.25) is 9.97 Å². The summed E-state index contributed by atoms with van der Waals surface area (Å²) in [5.74, 6) is 1.37. The Balaban J connectivity index is 0.000000196. The van der Waals surface area contributed by atoms with E-state index in [0.717, 1.165) is 29.0 Å². The van der Waals surface area contributed by atoms with Gasteiger partial charge in [-0.1, -0.05) is 23.7 Å². The molecule has 53 heavy (non-hydrogen) atoms. The van der Waals surface area contributed by atoms with Gasteiger partial charge >= 0.3 is 12.4 Å². The normalized spacial score (nSPS) is 11.5. The molecule has 0 spiro atoms. The predicted octanol–water partition coefficient (Wildman–Crippen LogP) is 9.14. The number of alkyl halides is 6. The number of hydrogen-bond acceptors (Lipinski definition) is 10. The van der Waals surface area contributed by atoms with E-state index in [1.54, 1.807) is 24.5 Å². The highest BCUT2D eigenvalue weighted by molar-refractivity contribution is 6.35. The molecule has 6 heterocycles. The number of halogens is 7. The molecule has 0 aliphatic heterocycles. The minimum Gasteiger partial charge on any atom is -0.380 e. The van der Waals surface area contributed by atoms with Crippen molar-refractivity contribution >= 4 is 51.0 Å².